The minimum atomic E-state index is 0.0839. The highest BCUT2D eigenvalue weighted by atomic mass is 15.1. The molecule has 0 saturated heterocycles. The summed E-state index contributed by atoms with van der Waals surface area (Å²) in [5.41, 5.74) is 0.610. The fraction of sp³-hybridized carbons (Fsp3) is 0.444. The molecule has 0 aromatic carbocycles. The molecule has 68 valence electrons. The van der Waals surface area contributed by atoms with Gasteiger partial charge in [0.2, 0.25) is 0 Å². The minimum Gasteiger partial charge on any atom is -0.369 e. The third-order valence-corrected chi connectivity index (χ3v) is 1.29. The average Bonchev–Trinajstić information content (AvgIpc) is 2.11. The Kier molecular flexibility index (Phi) is 4.99. The molecule has 0 heterocycles. The number of allylic oxidation sites excluding steroid dienone is 2. The SMILES string of the molecule is CCC(N=CN(C)C)=C(C#N)C#N. The summed E-state index contributed by atoms with van der Waals surface area (Å²) in [7, 11) is 3.66. The van der Waals surface area contributed by atoms with Gasteiger partial charge in [0.25, 0.3) is 0 Å². The largest absolute Gasteiger partial charge is 0.369 e. The number of nitrogens with zero attached hydrogens (tertiary/aromatic N) is 4. The van der Waals surface area contributed by atoms with Gasteiger partial charge in [0, 0.05) is 14.1 Å². The highest BCUT2D eigenvalue weighted by Gasteiger charge is 2.00. The Bertz CT molecular complexity index is 283. The summed E-state index contributed by atoms with van der Waals surface area (Å²) in [5.74, 6) is 0. The standard InChI is InChI=1S/C9H12N4/c1-4-9(8(5-10)6-11)12-7-13(2)3/h7H,4H2,1-3H3. The number of nitriles is 2. The summed E-state index contributed by atoms with van der Waals surface area (Å²) in [6.07, 6.45) is 2.16. The molecule has 0 atom stereocenters. The number of hydrogen-bond acceptors (Lipinski definition) is 3. The summed E-state index contributed by atoms with van der Waals surface area (Å²) in [5, 5.41) is 17.1. The van der Waals surface area contributed by atoms with Crippen LogP contribution in [-0.2, 0) is 0 Å². The van der Waals surface area contributed by atoms with E-state index in [9.17, 15) is 0 Å². The van der Waals surface area contributed by atoms with E-state index in [1.807, 2.05) is 33.2 Å². The molecule has 4 heteroatoms. The minimum absolute atomic E-state index is 0.0839. The van der Waals surface area contributed by atoms with Gasteiger partial charge >= 0.3 is 0 Å². The van der Waals surface area contributed by atoms with E-state index >= 15 is 0 Å². The molecule has 0 aliphatic carbocycles. The monoisotopic (exact) mass is 176 g/mol. The highest BCUT2D eigenvalue weighted by Crippen LogP contribution is 2.08. The third-order valence-electron chi connectivity index (χ3n) is 1.29. The van der Waals surface area contributed by atoms with Crippen LogP contribution in [0.1, 0.15) is 13.3 Å². The van der Waals surface area contributed by atoms with Gasteiger partial charge in [-0.25, -0.2) is 4.99 Å². The first-order valence-corrected chi connectivity index (χ1v) is 3.89. The second-order valence-electron chi connectivity index (χ2n) is 2.61. The Labute approximate surface area is 78.4 Å². The van der Waals surface area contributed by atoms with E-state index in [1.165, 1.54) is 0 Å². The van der Waals surface area contributed by atoms with Crippen LogP contribution in [0.15, 0.2) is 16.3 Å². The van der Waals surface area contributed by atoms with Crippen LogP contribution < -0.4 is 0 Å². The zero-order valence-electron chi connectivity index (χ0n) is 8.07. The fourth-order valence-electron chi connectivity index (χ4n) is 0.672. The topological polar surface area (TPSA) is 63.2 Å². The van der Waals surface area contributed by atoms with Gasteiger partial charge < -0.3 is 4.90 Å². The van der Waals surface area contributed by atoms with E-state index in [2.05, 4.69) is 4.99 Å². The van der Waals surface area contributed by atoms with E-state index in [4.69, 9.17) is 10.5 Å². The molecule has 0 N–H and O–H groups in total. The molecule has 0 aliphatic heterocycles. The molecule has 0 amide bonds. The first-order chi connectivity index (χ1) is 6.15. The van der Waals surface area contributed by atoms with Crippen molar-refractivity contribution < 1.29 is 0 Å². The Hall–Kier alpha value is -1.81. The van der Waals surface area contributed by atoms with Crippen LogP contribution in [0.4, 0.5) is 0 Å². The molecule has 0 spiro atoms. The summed E-state index contributed by atoms with van der Waals surface area (Å²) in [6.45, 7) is 1.86. The number of aliphatic imine (C=N–C) groups is 1. The normalized spacial score (nSPS) is 9.00. The van der Waals surface area contributed by atoms with Gasteiger partial charge in [0.05, 0.1) is 12.0 Å². The predicted octanol–water partition coefficient (Wildman–Crippen LogP) is 1.29. The van der Waals surface area contributed by atoms with Crippen molar-refractivity contribution in [3.63, 3.8) is 0 Å². The fourth-order valence-corrected chi connectivity index (χ4v) is 0.672. The van der Waals surface area contributed by atoms with Crippen LogP contribution in [-0.4, -0.2) is 25.3 Å². The van der Waals surface area contributed by atoms with Crippen molar-refractivity contribution in [3.05, 3.63) is 11.3 Å². The van der Waals surface area contributed by atoms with Crippen molar-refractivity contribution in [3.8, 4) is 12.1 Å². The Morgan fingerprint density at radius 3 is 2.23 bits per heavy atom. The molecule has 0 aromatic rings. The van der Waals surface area contributed by atoms with Crippen LogP contribution in [0.5, 0.6) is 0 Å². The first kappa shape index (κ1) is 11.2. The predicted molar refractivity (Wildman–Crippen MR) is 50.7 cm³/mol. The average molecular weight is 176 g/mol. The van der Waals surface area contributed by atoms with Crippen LogP contribution in [0, 0.1) is 22.7 Å². The Morgan fingerprint density at radius 1 is 1.38 bits per heavy atom. The van der Waals surface area contributed by atoms with Crippen LogP contribution in [0.3, 0.4) is 0 Å². The molecule has 0 aromatic heterocycles. The lowest BCUT2D eigenvalue weighted by molar-refractivity contribution is 0.641. The van der Waals surface area contributed by atoms with E-state index in [1.54, 1.807) is 11.2 Å². The molecule has 0 aliphatic rings. The number of hydrogen-bond donors (Lipinski definition) is 0. The van der Waals surface area contributed by atoms with E-state index in [0.29, 0.717) is 12.1 Å². The maximum absolute atomic E-state index is 8.57. The first-order valence-electron chi connectivity index (χ1n) is 3.89. The maximum Gasteiger partial charge on any atom is 0.151 e. The molecule has 0 rings (SSSR count). The van der Waals surface area contributed by atoms with E-state index < -0.39 is 0 Å². The van der Waals surface area contributed by atoms with Gasteiger partial charge in [0.1, 0.15) is 12.1 Å². The summed E-state index contributed by atoms with van der Waals surface area (Å²) >= 11 is 0. The van der Waals surface area contributed by atoms with E-state index in [0.717, 1.165) is 0 Å². The lowest BCUT2D eigenvalue weighted by Crippen LogP contribution is -2.07. The highest BCUT2D eigenvalue weighted by molar-refractivity contribution is 5.57. The smallest absolute Gasteiger partial charge is 0.151 e. The third kappa shape index (κ3) is 3.93. The van der Waals surface area contributed by atoms with Gasteiger partial charge in [-0.1, -0.05) is 6.92 Å². The summed E-state index contributed by atoms with van der Waals surface area (Å²) in [6, 6.07) is 3.63. The van der Waals surface area contributed by atoms with Crippen LogP contribution in [0.2, 0.25) is 0 Å². The molecule has 0 radical (unpaired) electrons. The molecule has 4 nitrogen and oxygen atoms in total. The van der Waals surface area contributed by atoms with Crippen molar-refractivity contribution in [1.82, 2.24) is 4.90 Å². The molecule has 0 fully saturated rings. The van der Waals surface area contributed by atoms with Gasteiger partial charge in [-0.05, 0) is 6.42 Å². The van der Waals surface area contributed by atoms with Gasteiger partial charge in [-0.3, -0.25) is 0 Å². The van der Waals surface area contributed by atoms with Crippen LogP contribution in [0.25, 0.3) is 0 Å². The second kappa shape index (κ2) is 5.79. The van der Waals surface area contributed by atoms with E-state index in [-0.39, 0.29) is 5.57 Å². The van der Waals surface area contributed by atoms with Gasteiger partial charge in [0.15, 0.2) is 5.57 Å². The lowest BCUT2D eigenvalue weighted by Gasteiger charge is -2.03. The van der Waals surface area contributed by atoms with Crippen LogP contribution >= 0.6 is 0 Å². The lowest BCUT2D eigenvalue weighted by atomic mass is 10.2. The van der Waals surface area contributed by atoms with Gasteiger partial charge in [-0.15, -0.1) is 0 Å². The quantitative estimate of drug-likeness (QED) is 0.369. The molecule has 0 saturated carbocycles. The molecular formula is C9H12N4. The number of rotatable bonds is 3. The molecule has 0 unspecified atom stereocenters. The van der Waals surface area contributed by atoms with Crippen molar-refractivity contribution in [2.45, 2.75) is 13.3 Å². The molecular weight excluding hydrogens is 164 g/mol. The Morgan fingerprint density at radius 2 is 1.92 bits per heavy atom. The summed E-state index contributed by atoms with van der Waals surface area (Å²) < 4.78 is 0. The second-order valence-corrected chi connectivity index (χ2v) is 2.61. The summed E-state index contributed by atoms with van der Waals surface area (Å²) in [4.78, 5) is 5.77. The zero-order chi connectivity index (χ0) is 10.3. The van der Waals surface area contributed by atoms with Crippen molar-refractivity contribution in [1.29, 1.82) is 10.5 Å². The molecule has 13 heavy (non-hydrogen) atoms. The Balaban J connectivity index is 4.82. The van der Waals surface area contributed by atoms with Crippen molar-refractivity contribution >= 4 is 6.34 Å². The maximum atomic E-state index is 8.57. The molecule has 0 bridgehead atoms. The van der Waals surface area contributed by atoms with Crippen molar-refractivity contribution in [2.75, 3.05) is 14.1 Å². The van der Waals surface area contributed by atoms with Gasteiger partial charge in [-0.2, -0.15) is 10.5 Å². The van der Waals surface area contributed by atoms with Crippen molar-refractivity contribution in [2.24, 2.45) is 4.99 Å². The zero-order valence-corrected chi connectivity index (χ0v) is 8.07.